The minimum Gasteiger partial charge on any atom is -0.463 e. The predicted molar refractivity (Wildman–Crippen MR) is 128 cm³/mol. The molecule has 3 N–H and O–H groups in total. The molecule has 0 radical (unpaired) electrons. The number of alkyl halides is 1. The SMILES string of the molecule is CC(=O)OC[C@H]1O[C@@H](NC(=O)CCCCCNC(=O)n2cc(F)c(=O)[nH]c2=O)[C@H](F)[C@@H](OC(C)=O)[C@@H]1OC(C)=O. The third-order valence-corrected chi connectivity index (χ3v) is 5.45. The van der Waals surface area contributed by atoms with Gasteiger partial charge in [-0.3, -0.25) is 29.0 Å². The highest BCUT2D eigenvalue weighted by molar-refractivity contribution is 5.76. The van der Waals surface area contributed by atoms with Gasteiger partial charge in [-0.15, -0.1) is 0 Å². The minimum atomic E-state index is -2.14. The Labute approximate surface area is 225 Å². The fourth-order valence-corrected chi connectivity index (χ4v) is 3.71. The maximum Gasteiger partial charge on any atom is 0.336 e. The molecule has 1 aromatic heterocycles. The van der Waals surface area contributed by atoms with Crippen molar-refractivity contribution in [2.45, 2.75) is 77.2 Å². The van der Waals surface area contributed by atoms with Crippen molar-refractivity contribution in [3.8, 4) is 0 Å². The van der Waals surface area contributed by atoms with Crippen LogP contribution in [0.5, 0.6) is 0 Å². The first-order valence-electron chi connectivity index (χ1n) is 12.2. The second kappa shape index (κ2) is 14.9. The second-order valence-corrected chi connectivity index (χ2v) is 8.71. The molecular formula is C23H30F2N4O11. The fourth-order valence-electron chi connectivity index (χ4n) is 3.71. The number of nitrogens with one attached hydrogen (secondary N) is 3. The fraction of sp³-hybridized carbons (Fsp3) is 0.609. The van der Waals surface area contributed by atoms with Gasteiger partial charge in [0.15, 0.2) is 24.6 Å². The van der Waals surface area contributed by atoms with Gasteiger partial charge in [-0.25, -0.2) is 18.5 Å². The van der Waals surface area contributed by atoms with Gasteiger partial charge in [0, 0.05) is 33.7 Å². The molecule has 0 aliphatic carbocycles. The third-order valence-electron chi connectivity index (χ3n) is 5.45. The number of aromatic amines is 1. The normalized spacial score (nSPS) is 22.1. The molecule has 5 atom stereocenters. The summed E-state index contributed by atoms with van der Waals surface area (Å²) in [7, 11) is 0. The molecule has 222 valence electrons. The minimum absolute atomic E-state index is 0.0609. The molecule has 2 rings (SSSR count). The smallest absolute Gasteiger partial charge is 0.336 e. The number of ether oxygens (including phenoxy) is 4. The van der Waals surface area contributed by atoms with Crippen molar-refractivity contribution < 1.29 is 51.7 Å². The molecule has 1 fully saturated rings. The van der Waals surface area contributed by atoms with Gasteiger partial charge in [-0.2, -0.15) is 4.39 Å². The third kappa shape index (κ3) is 9.55. The van der Waals surface area contributed by atoms with Crippen molar-refractivity contribution in [1.82, 2.24) is 20.2 Å². The number of carbonyl (C=O) groups is 5. The van der Waals surface area contributed by atoms with E-state index in [1.807, 2.05) is 0 Å². The highest BCUT2D eigenvalue weighted by atomic mass is 19.1. The summed E-state index contributed by atoms with van der Waals surface area (Å²) in [6, 6.07) is -0.959. The number of nitrogens with zero attached hydrogens (tertiary/aromatic N) is 1. The number of esters is 3. The lowest BCUT2D eigenvalue weighted by atomic mass is 9.98. The molecule has 0 bridgehead atoms. The zero-order chi connectivity index (χ0) is 30.0. The Morgan fingerprint density at radius 2 is 1.65 bits per heavy atom. The van der Waals surface area contributed by atoms with Crippen LogP contribution in [0.1, 0.15) is 46.5 Å². The van der Waals surface area contributed by atoms with Crippen LogP contribution in [-0.4, -0.2) is 83.3 Å². The van der Waals surface area contributed by atoms with E-state index in [0.29, 0.717) is 30.0 Å². The molecule has 1 aliphatic heterocycles. The van der Waals surface area contributed by atoms with Crippen molar-refractivity contribution in [1.29, 1.82) is 0 Å². The number of amides is 2. The van der Waals surface area contributed by atoms with Gasteiger partial charge in [0.1, 0.15) is 12.7 Å². The van der Waals surface area contributed by atoms with Crippen molar-refractivity contribution in [2.24, 2.45) is 0 Å². The Bertz CT molecular complexity index is 1220. The Hall–Kier alpha value is -4.15. The topological polar surface area (TPSA) is 201 Å². The summed E-state index contributed by atoms with van der Waals surface area (Å²) >= 11 is 0. The molecule has 1 saturated heterocycles. The van der Waals surface area contributed by atoms with Crippen LogP contribution >= 0.6 is 0 Å². The molecule has 1 aliphatic rings. The van der Waals surface area contributed by atoms with E-state index in [2.05, 4.69) is 10.6 Å². The Morgan fingerprint density at radius 1 is 1.00 bits per heavy atom. The monoisotopic (exact) mass is 576 g/mol. The first-order chi connectivity index (χ1) is 18.8. The molecule has 0 spiro atoms. The maximum atomic E-state index is 15.3. The van der Waals surface area contributed by atoms with Gasteiger partial charge in [-0.05, 0) is 12.8 Å². The van der Waals surface area contributed by atoms with Crippen molar-refractivity contribution in [2.75, 3.05) is 13.2 Å². The van der Waals surface area contributed by atoms with Crippen molar-refractivity contribution in [3.05, 3.63) is 32.9 Å². The molecule has 2 amide bonds. The predicted octanol–water partition coefficient (Wildman–Crippen LogP) is -0.600. The van der Waals surface area contributed by atoms with E-state index in [9.17, 15) is 38.0 Å². The summed E-state index contributed by atoms with van der Waals surface area (Å²) in [5.41, 5.74) is -2.36. The van der Waals surface area contributed by atoms with Gasteiger partial charge in [0.25, 0.3) is 5.56 Å². The molecular weight excluding hydrogens is 546 g/mol. The van der Waals surface area contributed by atoms with E-state index in [1.165, 1.54) is 0 Å². The zero-order valence-corrected chi connectivity index (χ0v) is 21.9. The lowest BCUT2D eigenvalue weighted by Gasteiger charge is -2.42. The van der Waals surface area contributed by atoms with E-state index >= 15 is 4.39 Å². The van der Waals surface area contributed by atoms with E-state index in [0.717, 1.165) is 20.8 Å². The van der Waals surface area contributed by atoms with E-state index < -0.39 is 84.2 Å². The standard InChI is InChI=1S/C23H30F2N4O11/c1-11(30)37-10-15-18(38-12(2)31)19(39-13(3)32)17(25)21(40-15)27-16(33)7-5-4-6-8-26-22(35)29-9-14(24)20(34)28-23(29)36/h9,15,17-19,21H,4-8,10H2,1-3H3,(H,26,35)(H,27,33)(H,28,34,36)/t15-,17-,18-,19-,21-/m1/s1. The first-order valence-corrected chi connectivity index (χ1v) is 12.2. The number of unbranched alkanes of at least 4 members (excludes halogenated alkanes) is 2. The van der Waals surface area contributed by atoms with Crippen LogP contribution in [-0.2, 0) is 38.1 Å². The number of carbonyl (C=O) groups excluding carboxylic acids is 5. The van der Waals surface area contributed by atoms with Crippen LogP contribution in [0, 0.1) is 5.82 Å². The van der Waals surface area contributed by atoms with Gasteiger partial charge in [0.2, 0.25) is 11.7 Å². The van der Waals surface area contributed by atoms with Crippen molar-refractivity contribution >= 4 is 29.8 Å². The second-order valence-electron chi connectivity index (χ2n) is 8.71. The van der Waals surface area contributed by atoms with Gasteiger partial charge < -0.3 is 29.6 Å². The molecule has 17 heteroatoms. The summed E-state index contributed by atoms with van der Waals surface area (Å²) in [6.07, 6.45) is -6.71. The molecule has 15 nitrogen and oxygen atoms in total. The number of H-pyrrole nitrogens is 1. The lowest BCUT2D eigenvalue weighted by molar-refractivity contribution is -0.239. The molecule has 2 heterocycles. The quantitative estimate of drug-likeness (QED) is 0.172. The molecule has 0 aromatic carbocycles. The molecule has 0 saturated carbocycles. The number of halogens is 2. The van der Waals surface area contributed by atoms with Crippen LogP contribution in [0.3, 0.4) is 0 Å². The highest BCUT2D eigenvalue weighted by Gasteiger charge is 2.51. The summed E-state index contributed by atoms with van der Waals surface area (Å²) < 4.78 is 49.4. The average Bonchev–Trinajstić information content (AvgIpc) is 2.85. The summed E-state index contributed by atoms with van der Waals surface area (Å²) in [6.45, 7) is 2.75. The molecule has 40 heavy (non-hydrogen) atoms. The number of hydrogen-bond donors (Lipinski definition) is 3. The van der Waals surface area contributed by atoms with Gasteiger partial charge in [0.05, 0.1) is 6.20 Å². The molecule has 1 aromatic rings. The highest BCUT2D eigenvalue weighted by Crippen LogP contribution is 2.28. The lowest BCUT2D eigenvalue weighted by Crippen LogP contribution is -2.63. The van der Waals surface area contributed by atoms with Crippen LogP contribution in [0.4, 0.5) is 13.6 Å². The maximum absolute atomic E-state index is 15.3. The molecule has 0 unspecified atom stereocenters. The summed E-state index contributed by atoms with van der Waals surface area (Å²) in [4.78, 5) is 83.1. The largest absolute Gasteiger partial charge is 0.463 e. The Morgan fingerprint density at radius 3 is 2.27 bits per heavy atom. The average molecular weight is 577 g/mol. The van der Waals surface area contributed by atoms with Gasteiger partial charge >= 0.3 is 29.6 Å². The van der Waals surface area contributed by atoms with E-state index in [-0.39, 0.29) is 13.0 Å². The number of hydrogen-bond acceptors (Lipinski definition) is 11. The van der Waals surface area contributed by atoms with Gasteiger partial charge in [-0.1, -0.05) is 6.42 Å². The van der Waals surface area contributed by atoms with Crippen LogP contribution < -0.4 is 21.9 Å². The number of aromatic nitrogens is 2. The van der Waals surface area contributed by atoms with E-state index in [4.69, 9.17) is 18.9 Å². The Balaban J connectivity index is 1.89. The number of rotatable bonds is 11. The first kappa shape index (κ1) is 32.1. The summed E-state index contributed by atoms with van der Waals surface area (Å²) in [5, 5.41) is 4.69. The zero-order valence-electron chi connectivity index (χ0n) is 21.9. The van der Waals surface area contributed by atoms with Crippen molar-refractivity contribution in [3.63, 3.8) is 0 Å². The summed E-state index contributed by atoms with van der Waals surface area (Å²) in [5.74, 6) is -4.36. The Kier molecular flexibility index (Phi) is 11.9. The van der Waals surface area contributed by atoms with E-state index in [1.54, 1.807) is 4.98 Å². The van der Waals surface area contributed by atoms with Crippen LogP contribution in [0.15, 0.2) is 15.8 Å². The van der Waals surface area contributed by atoms with Crippen LogP contribution in [0.25, 0.3) is 0 Å². The van der Waals surface area contributed by atoms with Crippen LogP contribution in [0.2, 0.25) is 0 Å².